The normalized spacial score (nSPS) is 10.9. The Hall–Kier alpha value is -2.05. The molecule has 0 atom stereocenters. The standard InChI is InChI=1S/C9H13N5O2/c1-4-11-14-8(15)6-7(10-5-12(6)2)13(3)9(14)16/h5,11H,4H2,1-3H3. The molecule has 16 heavy (non-hydrogen) atoms. The molecule has 2 aromatic heterocycles. The Kier molecular flexibility index (Phi) is 2.30. The van der Waals surface area contributed by atoms with Crippen molar-refractivity contribution in [1.82, 2.24) is 18.8 Å². The summed E-state index contributed by atoms with van der Waals surface area (Å²) in [6.45, 7) is 2.32. The summed E-state index contributed by atoms with van der Waals surface area (Å²) in [7, 11) is 3.31. The van der Waals surface area contributed by atoms with Gasteiger partial charge in [-0.05, 0) is 6.92 Å². The van der Waals surface area contributed by atoms with Gasteiger partial charge in [-0.3, -0.25) is 9.36 Å². The van der Waals surface area contributed by atoms with Gasteiger partial charge < -0.3 is 9.99 Å². The van der Waals surface area contributed by atoms with E-state index in [9.17, 15) is 9.59 Å². The fourth-order valence-electron chi connectivity index (χ4n) is 1.64. The van der Waals surface area contributed by atoms with Crippen LogP contribution < -0.4 is 16.7 Å². The van der Waals surface area contributed by atoms with Gasteiger partial charge in [0.1, 0.15) is 0 Å². The first kappa shape index (κ1) is 10.5. The summed E-state index contributed by atoms with van der Waals surface area (Å²) in [5, 5.41) is 0. The van der Waals surface area contributed by atoms with Gasteiger partial charge in [0.25, 0.3) is 0 Å². The average molecular weight is 223 g/mol. The van der Waals surface area contributed by atoms with E-state index in [1.54, 1.807) is 18.7 Å². The largest absolute Gasteiger partial charge is 0.351 e. The molecule has 0 spiro atoms. The molecular formula is C9H13N5O2. The number of rotatable bonds is 2. The fourth-order valence-corrected chi connectivity index (χ4v) is 1.64. The second-order valence-corrected chi connectivity index (χ2v) is 3.52. The molecule has 0 radical (unpaired) electrons. The van der Waals surface area contributed by atoms with Crippen molar-refractivity contribution in [2.24, 2.45) is 14.1 Å². The molecule has 86 valence electrons. The van der Waals surface area contributed by atoms with E-state index < -0.39 is 5.69 Å². The molecule has 0 saturated carbocycles. The third-order valence-electron chi connectivity index (χ3n) is 2.44. The minimum absolute atomic E-state index is 0.375. The topological polar surface area (TPSA) is 73.8 Å². The lowest BCUT2D eigenvalue weighted by molar-refractivity contribution is 0.697. The van der Waals surface area contributed by atoms with E-state index in [0.29, 0.717) is 17.7 Å². The predicted octanol–water partition coefficient (Wildman–Crippen LogP) is -1.00. The molecule has 1 N–H and O–H groups in total. The quantitative estimate of drug-likeness (QED) is 0.708. The van der Waals surface area contributed by atoms with E-state index in [2.05, 4.69) is 10.4 Å². The second kappa shape index (κ2) is 3.51. The van der Waals surface area contributed by atoms with Crippen LogP contribution in [-0.2, 0) is 14.1 Å². The van der Waals surface area contributed by atoms with Gasteiger partial charge in [0.2, 0.25) is 0 Å². The van der Waals surface area contributed by atoms with Crippen LogP contribution in [0.3, 0.4) is 0 Å². The van der Waals surface area contributed by atoms with Crippen LogP contribution in [0.4, 0.5) is 0 Å². The van der Waals surface area contributed by atoms with Crippen LogP contribution in [0.25, 0.3) is 11.2 Å². The molecule has 0 bridgehead atoms. The number of imidazole rings is 1. The van der Waals surface area contributed by atoms with E-state index in [0.717, 1.165) is 4.68 Å². The van der Waals surface area contributed by atoms with Crippen molar-refractivity contribution in [3.05, 3.63) is 27.2 Å². The monoisotopic (exact) mass is 223 g/mol. The van der Waals surface area contributed by atoms with E-state index in [4.69, 9.17) is 0 Å². The highest BCUT2D eigenvalue weighted by atomic mass is 16.2. The maximum absolute atomic E-state index is 12.0. The van der Waals surface area contributed by atoms with E-state index in [1.165, 1.54) is 10.9 Å². The molecule has 0 aliphatic rings. The highest BCUT2D eigenvalue weighted by Crippen LogP contribution is 2.01. The third kappa shape index (κ3) is 1.24. The molecule has 2 heterocycles. The highest BCUT2D eigenvalue weighted by Gasteiger charge is 2.13. The van der Waals surface area contributed by atoms with Gasteiger partial charge in [-0.25, -0.2) is 9.78 Å². The number of hydrogen-bond donors (Lipinski definition) is 1. The predicted molar refractivity (Wildman–Crippen MR) is 60.1 cm³/mol. The van der Waals surface area contributed by atoms with Crippen molar-refractivity contribution in [2.45, 2.75) is 6.92 Å². The average Bonchev–Trinajstić information content (AvgIpc) is 2.64. The smallest absolute Gasteiger partial charge is 0.328 e. The fraction of sp³-hybridized carbons (Fsp3) is 0.444. The molecule has 0 unspecified atom stereocenters. The van der Waals surface area contributed by atoms with Crippen molar-refractivity contribution in [2.75, 3.05) is 12.0 Å². The maximum atomic E-state index is 12.0. The number of nitrogens with one attached hydrogen (secondary N) is 1. The first-order chi connectivity index (χ1) is 7.57. The van der Waals surface area contributed by atoms with Gasteiger partial charge in [-0.2, -0.15) is 4.68 Å². The van der Waals surface area contributed by atoms with Crippen molar-refractivity contribution in [3.8, 4) is 0 Å². The molecule has 0 amide bonds. The Labute approximate surface area is 90.9 Å². The summed E-state index contributed by atoms with van der Waals surface area (Å²) < 4.78 is 3.95. The number of aromatic nitrogens is 4. The van der Waals surface area contributed by atoms with Crippen LogP contribution in [0.15, 0.2) is 15.9 Å². The number of nitrogens with zero attached hydrogens (tertiary/aromatic N) is 4. The SMILES string of the molecule is CCNn1c(=O)c2c(ncn2C)n(C)c1=O. The molecule has 0 aliphatic carbocycles. The van der Waals surface area contributed by atoms with Crippen molar-refractivity contribution >= 4 is 11.2 Å². The summed E-state index contributed by atoms with van der Waals surface area (Å²) in [6, 6.07) is 0. The van der Waals surface area contributed by atoms with Crippen LogP contribution in [-0.4, -0.2) is 25.3 Å². The molecular weight excluding hydrogens is 210 g/mol. The Morgan fingerprint density at radius 2 is 2.06 bits per heavy atom. The lowest BCUT2D eigenvalue weighted by atomic mass is 10.5. The Morgan fingerprint density at radius 3 is 2.69 bits per heavy atom. The minimum atomic E-state index is -0.418. The minimum Gasteiger partial charge on any atom is -0.328 e. The van der Waals surface area contributed by atoms with Crippen molar-refractivity contribution in [1.29, 1.82) is 0 Å². The zero-order valence-corrected chi connectivity index (χ0v) is 9.39. The van der Waals surface area contributed by atoms with E-state index in [1.807, 2.05) is 6.92 Å². The summed E-state index contributed by atoms with van der Waals surface area (Å²) in [4.78, 5) is 27.8. The number of hydrogen-bond acceptors (Lipinski definition) is 4. The van der Waals surface area contributed by atoms with E-state index in [-0.39, 0.29) is 5.56 Å². The first-order valence-corrected chi connectivity index (χ1v) is 4.94. The second-order valence-electron chi connectivity index (χ2n) is 3.52. The van der Waals surface area contributed by atoms with Gasteiger partial charge >= 0.3 is 11.2 Å². The van der Waals surface area contributed by atoms with Crippen LogP contribution in [0.5, 0.6) is 0 Å². The molecule has 0 saturated heterocycles. The Balaban J connectivity index is 2.98. The lowest BCUT2D eigenvalue weighted by Gasteiger charge is -2.08. The van der Waals surface area contributed by atoms with Crippen LogP contribution in [0.1, 0.15) is 6.92 Å². The highest BCUT2D eigenvalue weighted by molar-refractivity contribution is 5.69. The van der Waals surface area contributed by atoms with Gasteiger partial charge in [0, 0.05) is 20.6 Å². The van der Waals surface area contributed by atoms with Crippen molar-refractivity contribution < 1.29 is 0 Å². The summed E-state index contributed by atoms with van der Waals surface area (Å²) in [5.74, 6) is 0. The van der Waals surface area contributed by atoms with Crippen LogP contribution in [0, 0.1) is 0 Å². The zero-order chi connectivity index (χ0) is 11.9. The Bertz CT molecular complexity index is 648. The molecule has 0 aromatic carbocycles. The number of fused-ring (bicyclic) bond motifs is 1. The summed E-state index contributed by atoms with van der Waals surface area (Å²) >= 11 is 0. The number of aryl methyl sites for hydroxylation is 2. The molecule has 7 nitrogen and oxygen atoms in total. The molecule has 0 aliphatic heterocycles. The van der Waals surface area contributed by atoms with Gasteiger partial charge in [0.05, 0.1) is 6.33 Å². The molecule has 0 fully saturated rings. The van der Waals surface area contributed by atoms with E-state index >= 15 is 0 Å². The van der Waals surface area contributed by atoms with Crippen LogP contribution >= 0.6 is 0 Å². The van der Waals surface area contributed by atoms with Crippen molar-refractivity contribution in [3.63, 3.8) is 0 Å². The summed E-state index contributed by atoms with van der Waals surface area (Å²) in [6.07, 6.45) is 1.52. The molecule has 7 heteroatoms. The maximum Gasteiger partial charge on any atom is 0.351 e. The van der Waals surface area contributed by atoms with Gasteiger partial charge in [-0.1, -0.05) is 0 Å². The third-order valence-corrected chi connectivity index (χ3v) is 2.44. The molecule has 2 rings (SSSR count). The Morgan fingerprint density at radius 1 is 1.38 bits per heavy atom. The molecule has 2 aromatic rings. The van der Waals surface area contributed by atoms with Gasteiger partial charge in [-0.15, -0.1) is 0 Å². The van der Waals surface area contributed by atoms with Crippen LogP contribution in [0.2, 0.25) is 0 Å². The summed E-state index contributed by atoms with van der Waals surface area (Å²) in [5.41, 5.74) is 2.73. The zero-order valence-electron chi connectivity index (χ0n) is 9.39. The van der Waals surface area contributed by atoms with Gasteiger partial charge in [0.15, 0.2) is 11.2 Å². The lowest BCUT2D eigenvalue weighted by Crippen LogP contribution is -2.44. The first-order valence-electron chi connectivity index (χ1n) is 4.94.